The molecule has 0 spiro atoms. The Labute approximate surface area is 86.8 Å². The van der Waals surface area contributed by atoms with Gasteiger partial charge in [0.15, 0.2) is 6.61 Å². The third-order valence-electron chi connectivity index (χ3n) is 2.40. The quantitative estimate of drug-likeness (QED) is 0.651. The zero-order valence-electron chi connectivity index (χ0n) is 8.49. The molecule has 0 saturated heterocycles. The zero-order chi connectivity index (χ0) is 11.0. The van der Waals surface area contributed by atoms with Crippen LogP contribution in [0, 0.1) is 6.92 Å². The number of carbonyl (C=O) groups excluding carboxylic acids is 2. The first kappa shape index (κ1) is 9.71. The largest absolute Gasteiger partial charge is 0.484 e. The van der Waals surface area contributed by atoms with Gasteiger partial charge in [0, 0.05) is 0 Å². The standard InChI is InChI=1S/C11H10O4/c1-6-3-4-7-8(12)5-15-10(7)9(6)11(13)14-2/h3-4H,5H2,1-2H3. The highest BCUT2D eigenvalue weighted by molar-refractivity contribution is 6.07. The molecule has 0 unspecified atom stereocenters. The molecule has 1 heterocycles. The molecule has 0 aliphatic carbocycles. The summed E-state index contributed by atoms with van der Waals surface area (Å²) < 4.78 is 9.84. The summed E-state index contributed by atoms with van der Waals surface area (Å²) in [7, 11) is 1.30. The normalized spacial score (nSPS) is 13.3. The van der Waals surface area contributed by atoms with E-state index in [1.165, 1.54) is 7.11 Å². The van der Waals surface area contributed by atoms with E-state index in [0.717, 1.165) is 5.56 Å². The molecule has 0 aromatic heterocycles. The van der Waals surface area contributed by atoms with Crippen LogP contribution in [0.3, 0.4) is 0 Å². The van der Waals surface area contributed by atoms with Crippen molar-refractivity contribution in [3.05, 3.63) is 28.8 Å². The van der Waals surface area contributed by atoms with Crippen molar-refractivity contribution in [1.82, 2.24) is 0 Å². The summed E-state index contributed by atoms with van der Waals surface area (Å²) >= 11 is 0. The van der Waals surface area contributed by atoms with Gasteiger partial charge in [0.1, 0.15) is 11.3 Å². The van der Waals surface area contributed by atoms with E-state index in [-0.39, 0.29) is 12.4 Å². The average molecular weight is 206 g/mol. The number of aryl methyl sites for hydroxylation is 1. The second-order valence-electron chi connectivity index (χ2n) is 3.34. The molecule has 4 heteroatoms. The summed E-state index contributed by atoms with van der Waals surface area (Å²) in [6, 6.07) is 3.39. The smallest absolute Gasteiger partial charge is 0.341 e. The summed E-state index contributed by atoms with van der Waals surface area (Å²) in [6.45, 7) is 1.78. The first-order chi connectivity index (χ1) is 7.15. The van der Waals surface area contributed by atoms with E-state index in [0.29, 0.717) is 16.9 Å². The van der Waals surface area contributed by atoms with Crippen LogP contribution in [0.4, 0.5) is 0 Å². The Balaban J connectivity index is 2.63. The second kappa shape index (κ2) is 3.38. The van der Waals surface area contributed by atoms with Crippen molar-refractivity contribution in [2.75, 3.05) is 13.7 Å². The highest BCUT2D eigenvalue weighted by atomic mass is 16.5. The van der Waals surface area contributed by atoms with Crippen molar-refractivity contribution in [2.45, 2.75) is 6.92 Å². The summed E-state index contributed by atoms with van der Waals surface area (Å²) in [5.41, 5.74) is 1.55. The van der Waals surface area contributed by atoms with E-state index in [4.69, 9.17) is 4.74 Å². The lowest BCUT2D eigenvalue weighted by atomic mass is 10.0. The number of methoxy groups -OCH3 is 1. The van der Waals surface area contributed by atoms with Crippen molar-refractivity contribution in [2.24, 2.45) is 0 Å². The molecule has 0 radical (unpaired) electrons. The summed E-state index contributed by atoms with van der Waals surface area (Å²) in [5, 5.41) is 0. The Morgan fingerprint density at radius 3 is 2.87 bits per heavy atom. The van der Waals surface area contributed by atoms with Crippen LogP contribution < -0.4 is 4.74 Å². The number of ketones is 1. The Bertz CT molecular complexity index is 448. The maximum absolute atomic E-state index is 11.5. The lowest BCUT2D eigenvalue weighted by Gasteiger charge is -2.07. The van der Waals surface area contributed by atoms with Crippen LogP contribution in [0.2, 0.25) is 0 Å². The van der Waals surface area contributed by atoms with Crippen LogP contribution in [0.1, 0.15) is 26.3 Å². The van der Waals surface area contributed by atoms with Gasteiger partial charge in [0.05, 0.1) is 12.7 Å². The molecular weight excluding hydrogens is 196 g/mol. The molecule has 0 N–H and O–H groups in total. The number of benzene rings is 1. The maximum atomic E-state index is 11.5. The molecule has 0 bridgehead atoms. The van der Waals surface area contributed by atoms with Crippen molar-refractivity contribution >= 4 is 11.8 Å². The summed E-state index contributed by atoms with van der Waals surface area (Å²) in [4.78, 5) is 22.8. The van der Waals surface area contributed by atoms with Crippen LogP contribution in [0.5, 0.6) is 5.75 Å². The third kappa shape index (κ3) is 1.38. The molecule has 0 fully saturated rings. The molecule has 0 saturated carbocycles. The van der Waals surface area contributed by atoms with Gasteiger partial charge in [-0.25, -0.2) is 4.79 Å². The highest BCUT2D eigenvalue weighted by Gasteiger charge is 2.28. The maximum Gasteiger partial charge on any atom is 0.341 e. The molecule has 4 nitrogen and oxygen atoms in total. The molecule has 1 aromatic rings. The number of fused-ring (bicyclic) bond motifs is 1. The number of Topliss-reactive ketones (excluding diaryl/α,β-unsaturated/α-hetero) is 1. The van der Waals surface area contributed by atoms with Gasteiger partial charge in [-0.3, -0.25) is 4.79 Å². The van der Waals surface area contributed by atoms with Crippen molar-refractivity contribution in [3.8, 4) is 5.75 Å². The Morgan fingerprint density at radius 1 is 1.47 bits per heavy atom. The van der Waals surface area contributed by atoms with E-state index >= 15 is 0 Å². The summed E-state index contributed by atoms with van der Waals surface area (Å²) in [6.07, 6.45) is 0. The first-order valence-electron chi connectivity index (χ1n) is 4.53. The number of esters is 1. The fourth-order valence-corrected chi connectivity index (χ4v) is 1.62. The predicted octanol–water partition coefficient (Wildman–Crippen LogP) is 1.36. The van der Waals surface area contributed by atoms with E-state index in [2.05, 4.69) is 4.74 Å². The van der Waals surface area contributed by atoms with Crippen LogP contribution in [-0.4, -0.2) is 25.5 Å². The first-order valence-corrected chi connectivity index (χ1v) is 4.53. The number of rotatable bonds is 1. The zero-order valence-corrected chi connectivity index (χ0v) is 8.49. The molecular formula is C11H10O4. The predicted molar refractivity (Wildman–Crippen MR) is 52.3 cm³/mol. The molecule has 1 aliphatic heterocycles. The minimum atomic E-state index is -0.473. The molecule has 15 heavy (non-hydrogen) atoms. The lowest BCUT2D eigenvalue weighted by Crippen LogP contribution is -2.06. The van der Waals surface area contributed by atoms with Gasteiger partial charge in [-0.1, -0.05) is 6.07 Å². The van der Waals surface area contributed by atoms with Gasteiger partial charge in [0.2, 0.25) is 5.78 Å². The van der Waals surface area contributed by atoms with Crippen molar-refractivity contribution in [3.63, 3.8) is 0 Å². The fourth-order valence-electron chi connectivity index (χ4n) is 1.62. The Kier molecular flexibility index (Phi) is 2.19. The van der Waals surface area contributed by atoms with Gasteiger partial charge >= 0.3 is 5.97 Å². The number of hydrogen-bond acceptors (Lipinski definition) is 4. The highest BCUT2D eigenvalue weighted by Crippen LogP contribution is 2.32. The van der Waals surface area contributed by atoms with Gasteiger partial charge in [-0.05, 0) is 18.6 Å². The molecule has 0 amide bonds. The van der Waals surface area contributed by atoms with Crippen molar-refractivity contribution < 1.29 is 19.1 Å². The number of carbonyl (C=O) groups is 2. The Hall–Kier alpha value is -1.84. The van der Waals surface area contributed by atoms with Gasteiger partial charge in [-0.15, -0.1) is 0 Å². The number of ether oxygens (including phenoxy) is 2. The van der Waals surface area contributed by atoms with E-state index in [9.17, 15) is 9.59 Å². The van der Waals surface area contributed by atoms with Gasteiger partial charge < -0.3 is 9.47 Å². The molecule has 1 aromatic carbocycles. The van der Waals surface area contributed by atoms with E-state index in [1.54, 1.807) is 19.1 Å². The molecule has 2 rings (SSSR count). The second-order valence-corrected chi connectivity index (χ2v) is 3.34. The van der Waals surface area contributed by atoms with Crippen LogP contribution >= 0.6 is 0 Å². The minimum Gasteiger partial charge on any atom is -0.484 e. The van der Waals surface area contributed by atoms with E-state index in [1.807, 2.05) is 0 Å². The van der Waals surface area contributed by atoms with Crippen LogP contribution in [0.25, 0.3) is 0 Å². The van der Waals surface area contributed by atoms with Gasteiger partial charge in [-0.2, -0.15) is 0 Å². The summed E-state index contributed by atoms with van der Waals surface area (Å²) in [5.74, 6) is -0.221. The Morgan fingerprint density at radius 2 is 2.20 bits per heavy atom. The van der Waals surface area contributed by atoms with E-state index < -0.39 is 5.97 Å². The van der Waals surface area contributed by atoms with Crippen LogP contribution in [0.15, 0.2) is 12.1 Å². The topological polar surface area (TPSA) is 52.6 Å². The molecule has 0 atom stereocenters. The molecule has 78 valence electrons. The lowest BCUT2D eigenvalue weighted by molar-refractivity contribution is 0.0595. The number of hydrogen-bond donors (Lipinski definition) is 0. The fraction of sp³-hybridized carbons (Fsp3) is 0.273. The average Bonchev–Trinajstić information content (AvgIpc) is 2.59. The molecule has 1 aliphatic rings. The van der Waals surface area contributed by atoms with Crippen LogP contribution in [-0.2, 0) is 4.74 Å². The monoisotopic (exact) mass is 206 g/mol. The minimum absolute atomic E-state index is 0.00276. The third-order valence-corrected chi connectivity index (χ3v) is 2.40. The van der Waals surface area contributed by atoms with Gasteiger partial charge in [0.25, 0.3) is 0 Å². The SMILES string of the molecule is COC(=O)c1c(C)ccc2c1OCC2=O. The van der Waals surface area contributed by atoms with Crippen molar-refractivity contribution in [1.29, 1.82) is 0 Å².